The maximum Gasteiger partial charge on any atom is 0.271 e. The molecule has 0 aliphatic rings. The van der Waals surface area contributed by atoms with Gasteiger partial charge in [0.05, 0.1) is 16.8 Å². The molecule has 0 saturated carbocycles. The fourth-order valence-corrected chi connectivity index (χ4v) is 1.77. The van der Waals surface area contributed by atoms with Crippen LogP contribution < -0.4 is 5.73 Å². The first-order valence-corrected chi connectivity index (χ1v) is 6.17. The normalized spacial score (nSPS) is 10.7. The predicted octanol–water partition coefficient (Wildman–Crippen LogP) is 1.60. The van der Waals surface area contributed by atoms with E-state index in [2.05, 4.69) is 10.3 Å². The highest BCUT2D eigenvalue weighted by molar-refractivity contribution is 5.43. The fourth-order valence-electron chi connectivity index (χ4n) is 1.77. The van der Waals surface area contributed by atoms with Crippen LogP contribution in [0.5, 0.6) is 0 Å². The van der Waals surface area contributed by atoms with E-state index in [1.165, 1.54) is 4.68 Å². The van der Waals surface area contributed by atoms with Crippen molar-refractivity contribution in [3.63, 3.8) is 0 Å². The first-order valence-electron chi connectivity index (χ1n) is 6.17. The number of hydrogen-bond donors (Lipinski definition) is 1. The Balaban J connectivity index is 2.23. The second-order valence-electron chi connectivity index (χ2n) is 4.29. The molecule has 2 aromatic rings. The highest BCUT2D eigenvalue weighted by Gasteiger charge is 2.13. The van der Waals surface area contributed by atoms with Crippen LogP contribution in [-0.4, -0.2) is 26.5 Å². The molecule has 0 amide bonds. The maximum atomic E-state index is 13.7. The Kier molecular flexibility index (Phi) is 4.36. The zero-order valence-corrected chi connectivity index (χ0v) is 10.7. The number of nitro benzene ring substituents is 1. The molecular formula is C12H14FN5O2. The van der Waals surface area contributed by atoms with Crippen molar-refractivity contribution in [3.05, 3.63) is 46.0 Å². The van der Waals surface area contributed by atoms with Gasteiger partial charge in [-0.3, -0.25) is 10.1 Å². The summed E-state index contributed by atoms with van der Waals surface area (Å²) in [6.45, 7) is 0.605. The lowest BCUT2D eigenvalue weighted by Crippen LogP contribution is -2.00. The van der Waals surface area contributed by atoms with Gasteiger partial charge in [0, 0.05) is 12.1 Å². The van der Waals surface area contributed by atoms with E-state index >= 15 is 0 Å². The summed E-state index contributed by atoms with van der Waals surface area (Å²) < 4.78 is 14.9. The number of nitro groups is 1. The zero-order valence-electron chi connectivity index (χ0n) is 10.7. The molecule has 0 fully saturated rings. The third kappa shape index (κ3) is 3.15. The summed E-state index contributed by atoms with van der Waals surface area (Å²) in [5.74, 6) is -0.589. The minimum atomic E-state index is -0.589. The van der Waals surface area contributed by atoms with Crippen molar-refractivity contribution in [3.8, 4) is 5.69 Å². The molecule has 0 radical (unpaired) electrons. The number of halogens is 1. The first-order chi connectivity index (χ1) is 9.61. The summed E-state index contributed by atoms with van der Waals surface area (Å²) in [5, 5.41) is 18.4. The molecule has 20 heavy (non-hydrogen) atoms. The maximum absolute atomic E-state index is 13.7. The van der Waals surface area contributed by atoms with E-state index in [9.17, 15) is 14.5 Å². The summed E-state index contributed by atoms with van der Waals surface area (Å²) in [6.07, 6.45) is 4.00. The Labute approximate surface area is 114 Å². The third-order valence-corrected chi connectivity index (χ3v) is 2.82. The number of hydrogen-bond acceptors (Lipinski definition) is 5. The van der Waals surface area contributed by atoms with Crippen LogP contribution in [-0.2, 0) is 6.42 Å². The summed E-state index contributed by atoms with van der Waals surface area (Å²) in [7, 11) is 0. The van der Waals surface area contributed by atoms with Crippen LogP contribution in [0.15, 0.2) is 24.4 Å². The molecule has 0 spiro atoms. The number of non-ortho nitro benzene ring substituents is 1. The van der Waals surface area contributed by atoms with Crippen LogP contribution in [0.1, 0.15) is 18.5 Å². The van der Waals surface area contributed by atoms with Gasteiger partial charge in [-0.05, 0) is 31.9 Å². The van der Waals surface area contributed by atoms with E-state index in [1.54, 1.807) is 6.20 Å². The van der Waals surface area contributed by atoms with Crippen LogP contribution in [0.25, 0.3) is 5.69 Å². The van der Waals surface area contributed by atoms with E-state index in [-0.39, 0.29) is 11.4 Å². The minimum Gasteiger partial charge on any atom is -0.330 e. The van der Waals surface area contributed by atoms with Gasteiger partial charge in [0.25, 0.3) is 5.69 Å². The second kappa shape index (κ2) is 6.20. The van der Waals surface area contributed by atoms with Gasteiger partial charge >= 0.3 is 0 Å². The number of nitrogens with zero attached hydrogens (tertiary/aromatic N) is 4. The lowest BCUT2D eigenvalue weighted by Gasteiger charge is -2.01. The first kappa shape index (κ1) is 14.1. The SMILES string of the molecule is NCCCCc1cn(-c2cc([N+](=O)[O-])ccc2F)nn1. The molecule has 1 heterocycles. The molecule has 0 aliphatic carbocycles. The second-order valence-corrected chi connectivity index (χ2v) is 4.29. The quantitative estimate of drug-likeness (QED) is 0.491. The summed E-state index contributed by atoms with van der Waals surface area (Å²) in [4.78, 5) is 10.1. The number of nitrogens with two attached hydrogens (primary N) is 1. The lowest BCUT2D eigenvalue weighted by atomic mass is 10.2. The monoisotopic (exact) mass is 279 g/mol. The Morgan fingerprint density at radius 1 is 1.40 bits per heavy atom. The summed E-state index contributed by atoms with van der Waals surface area (Å²) in [5.41, 5.74) is 5.92. The minimum absolute atomic E-state index is 0.0109. The molecule has 0 bridgehead atoms. The van der Waals surface area contributed by atoms with Crippen molar-refractivity contribution >= 4 is 5.69 Å². The van der Waals surface area contributed by atoms with Gasteiger partial charge in [0.2, 0.25) is 0 Å². The molecule has 1 aromatic carbocycles. The van der Waals surface area contributed by atoms with E-state index in [0.717, 1.165) is 31.0 Å². The van der Waals surface area contributed by atoms with Crippen molar-refractivity contribution in [2.24, 2.45) is 5.73 Å². The zero-order chi connectivity index (χ0) is 14.5. The molecule has 0 aliphatic heterocycles. The number of unbranched alkanes of at least 4 members (excludes halogenated alkanes) is 1. The summed E-state index contributed by atoms with van der Waals surface area (Å²) >= 11 is 0. The Morgan fingerprint density at radius 3 is 2.90 bits per heavy atom. The third-order valence-electron chi connectivity index (χ3n) is 2.82. The molecule has 0 saturated heterocycles. The van der Waals surface area contributed by atoms with Gasteiger partial charge in [0.15, 0.2) is 0 Å². The highest BCUT2D eigenvalue weighted by atomic mass is 19.1. The molecule has 0 atom stereocenters. The molecule has 1 aromatic heterocycles. The molecular weight excluding hydrogens is 265 g/mol. The summed E-state index contributed by atoms with van der Waals surface area (Å²) in [6, 6.07) is 3.29. The molecule has 2 rings (SSSR count). The van der Waals surface area contributed by atoms with Crippen molar-refractivity contribution in [1.82, 2.24) is 15.0 Å². The van der Waals surface area contributed by atoms with Crippen LogP contribution in [0.3, 0.4) is 0 Å². The van der Waals surface area contributed by atoms with Gasteiger partial charge in [0.1, 0.15) is 11.5 Å². The Bertz CT molecular complexity index is 614. The highest BCUT2D eigenvalue weighted by Crippen LogP contribution is 2.20. The number of benzene rings is 1. The Morgan fingerprint density at radius 2 is 2.20 bits per heavy atom. The van der Waals surface area contributed by atoms with Crippen LogP contribution in [0.2, 0.25) is 0 Å². The molecule has 0 unspecified atom stereocenters. The van der Waals surface area contributed by atoms with Crippen LogP contribution >= 0.6 is 0 Å². The van der Waals surface area contributed by atoms with E-state index in [4.69, 9.17) is 5.73 Å². The van der Waals surface area contributed by atoms with Gasteiger partial charge in [-0.1, -0.05) is 5.21 Å². The van der Waals surface area contributed by atoms with Crippen LogP contribution in [0, 0.1) is 15.9 Å². The van der Waals surface area contributed by atoms with Crippen molar-refractivity contribution in [1.29, 1.82) is 0 Å². The number of aromatic nitrogens is 3. The number of rotatable bonds is 6. The van der Waals surface area contributed by atoms with Crippen molar-refractivity contribution < 1.29 is 9.31 Å². The van der Waals surface area contributed by atoms with Crippen molar-refractivity contribution in [2.75, 3.05) is 6.54 Å². The average Bonchev–Trinajstić information content (AvgIpc) is 2.88. The van der Waals surface area contributed by atoms with Crippen molar-refractivity contribution in [2.45, 2.75) is 19.3 Å². The molecule has 106 valence electrons. The fraction of sp³-hybridized carbons (Fsp3) is 0.333. The van der Waals surface area contributed by atoms with Gasteiger partial charge in [-0.2, -0.15) is 0 Å². The van der Waals surface area contributed by atoms with E-state index in [0.29, 0.717) is 18.7 Å². The van der Waals surface area contributed by atoms with Crippen LogP contribution in [0.4, 0.5) is 10.1 Å². The molecule has 2 N–H and O–H groups in total. The molecule has 7 nitrogen and oxygen atoms in total. The van der Waals surface area contributed by atoms with E-state index in [1.807, 2.05) is 0 Å². The topological polar surface area (TPSA) is 99.9 Å². The molecule has 8 heteroatoms. The van der Waals surface area contributed by atoms with Gasteiger partial charge in [-0.25, -0.2) is 9.07 Å². The lowest BCUT2D eigenvalue weighted by molar-refractivity contribution is -0.384. The standard InChI is InChI=1S/C12H14FN5O2/c13-11-5-4-10(18(19)20)7-12(11)17-8-9(15-16-17)3-1-2-6-14/h4-5,7-8H,1-3,6,14H2. The Hall–Kier alpha value is -2.35. The number of aryl methyl sites for hydroxylation is 1. The smallest absolute Gasteiger partial charge is 0.271 e. The predicted molar refractivity (Wildman–Crippen MR) is 70.0 cm³/mol. The largest absolute Gasteiger partial charge is 0.330 e. The van der Waals surface area contributed by atoms with E-state index < -0.39 is 10.7 Å². The van der Waals surface area contributed by atoms with Gasteiger partial charge < -0.3 is 5.73 Å². The average molecular weight is 279 g/mol. The van der Waals surface area contributed by atoms with Gasteiger partial charge in [-0.15, -0.1) is 5.10 Å².